The van der Waals surface area contributed by atoms with E-state index in [0.29, 0.717) is 0 Å². The van der Waals surface area contributed by atoms with Crippen molar-refractivity contribution in [3.8, 4) is 0 Å². The number of unbranched alkanes of at least 4 members (excludes halogenated alkanes) is 2. The van der Waals surface area contributed by atoms with Crippen LogP contribution in [0.25, 0.3) is 0 Å². The van der Waals surface area contributed by atoms with Crippen LogP contribution in [0.4, 0.5) is 0 Å². The van der Waals surface area contributed by atoms with E-state index in [1.165, 1.54) is 0 Å². The summed E-state index contributed by atoms with van der Waals surface area (Å²) in [6, 6.07) is -0.294. The highest BCUT2D eigenvalue weighted by atomic mass is 28.4. The Hall–Kier alpha value is 0.154. The fourth-order valence-corrected chi connectivity index (χ4v) is 7.23. The van der Waals surface area contributed by atoms with Crippen LogP contribution in [0, 0.1) is 0 Å². The van der Waals surface area contributed by atoms with Crippen LogP contribution >= 0.6 is 0 Å². The molecule has 0 amide bonds. The summed E-state index contributed by atoms with van der Waals surface area (Å²) in [7, 11) is 1.91. The molecule has 0 aliphatic heterocycles. The van der Waals surface area contributed by atoms with E-state index in [2.05, 4.69) is 13.8 Å². The SMILES string of the molecule is CCCCC(OC(C)C(N)C(C)OC(CCCC)[Si](C)(OC)OC)[Si](C)(OC)OC. The highest BCUT2D eigenvalue weighted by Gasteiger charge is 2.44. The minimum atomic E-state index is -2.45. The van der Waals surface area contributed by atoms with E-state index in [1.54, 1.807) is 28.4 Å². The van der Waals surface area contributed by atoms with Gasteiger partial charge in [0.2, 0.25) is 0 Å². The van der Waals surface area contributed by atoms with Gasteiger partial charge in [-0.05, 0) is 39.8 Å². The molecule has 30 heavy (non-hydrogen) atoms. The molecule has 0 aliphatic carbocycles. The van der Waals surface area contributed by atoms with E-state index in [9.17, 15) is 0 Å². The number of hydrogen-bond acceptors (Lipinski definition) is 7. The maximum Gasteiger partial charge on any atom is 0.364 e. The second kappa shape index (κ2) is 15.1. The Morgan fingerprint density at radius 1 is 0.667 bits per heavy atom. The van der Waals surface area contributed by atoms with Gasteiger partial charge >= 0.3 is 17.1 Å². The van der Waals surface area contributed by atoms with Crippen molar-refractivity contribution in [1.29, 1.82) is 0 Å². The van der Waals surface area contributed by atoms with Gasteiger partial charge in [0, 0.05) is 28.4 Å². The third kappa shape index (κ3) is 8.95. The van der Waals surface area contributed by atoms with E-state index in [0.717, 1.165) is 38.5 Å². The van der Waals surface area contributed by atoms with E-state index in [1.807, 2.05) is 26.9 Å². The standard InChI is InChI=1S/C21H49NO6Si2/c1-11-13-15-19(29(9,23-5)24-6)27-17(3)21(22)18(4)28-20(16-14-12-2)30(10,25-7)26-8/h17-21H,11-16,22H2,1-10H3. The van der Waals surface area contributed by atoms with Gasteiger partial charge in [-0.3, -0.25) is 0 Å². The molecule has 0 aromatic heterocycles. The Morgan fingerprint density at radius 3 is 1.20 bits per heavy atom. The summed E-state index contributed by atoms with van der Waals surface area (Å²) in [6.07, 6.45) is 5.67. The van der Waals surface area contributed by atoms with Gasteiger partial charge < -0.3 is 32.9 Å². The molecule has 2 N–H and O–H groups in total. The Balaban J connectivity index is 5.27. The maximum absolute atomic E-state index is 6.58. The molecule has 0 radical (unpaired) electrons. The summed E-state index contributed by atoms with van der Waals surface area (Å²) < 4.78 is 35.9. The molecule has 4 unspecified atom stereocenters. The zero-order valence-corrected chi connectivity index (χ0v) is 23.2. The van der Waals surface area contributed by atoms with Gasteiger partial charge in [0.25, 0.3) is 0 Å². The quantitative estimate of drug-likeness (QED) is 0.305. The molecule has 0 rings (SSSR count). The van der Waals surface area contributed by atoms with Crippen LogP contribution < -0.4 is 5.73 Å². The normalized spacial score (nSPS) is 18.1. The van der Waals surface area contributed by atoms with Crippen LogP contribution in [0.5, 0.6) is 0 Å². The van der Waals surface area contributed by atoms with Crippen LogP contribution in [0.2, 0.25) is 13.1 Å². The first kappa shape index (κ1) is 30.2. The molecule has 0 saturated heterocycles. The second-order valence-electron chi connectivity index (χ2n) is 8.37. The summed E-state index contributed by atoms with van der Waals surface area (Å²) in [5.74, 6) is 0. The predicted molar refractivity (Wildman–Crippen MR) is 127 cm³/mol. The Morgan fingerprint density at radius 2 is 0.967 bits per heavy atom. The topological polar surface area (TPSA) is 81.4 Å². The van der Waals surface area contributed by atoms with Gasteiger partial charge in [-0.2, -0.15) is 0 Å². The number of ether oxygens (including phenoxy) is 2. The zero-order valence-electron chi connectivity index (χ0n) is 21.2. The Labute approximate surface area is 187 Å². The zero-order chi connectivity index (χ0) is 23.4. The molecule has 0 bridgehead atoms. The van der Waals surface area contributed by atoms with Gasteiger partial charge in [0.05, 0.1) is 18.2 Å². The van der Waals surface area contributed by atoms with Crippen molar-refractivity contribution < 1.29 is 27.2 Å². The van der Waals surface area contributed by atoms with Gasteiger partial charge in [-0.25, -0.2) is 0 Å². The lowest BCUT2D eigenvalue weighted by Crippen LogP contribution is -2.57. The molecule has 0 aromatic carbocycles. The first-order valence-corrected chi connectivity index (χ1v) is 16.1. The fourth-order valence-electron chi connectivity index (χ4n) is 3.46. The number of hydrogen-bond donors (Lipinski definition) is 1. The average Bonchev–Trinajstić information content (AvgIpc) is 2.77. The lowest BCUT2D eigenvalue weighted by atomic mass is 10.1. The van der Waals surface area contributed by atoms with Crippen molar-refractivity contribution in [2.45, 2.75) is 109 Å². The summed E-state index contributed by atoms with van der Waals surface area (Å²) in [4.78, 5) is 0. The summed E-state index contributed by atoms with van der Waals surface area (Å²) >= 11 is 0. The molecule has 9 heteroatoms. The number of nitrogens with two attached hydrogens (primary N) is 1. The molecule has 7 nitrogen and oxygen atoms in total. The lowest BCUT2D eigenvalue weighted by Gasteiger charge is -2.38. The Bertz CT molecular complexity index is 400. The summed E-state index contributed by atoms with van der Waals surface area (Å²) in [5, 5.41) is 0. The second-order valence-corrected chi connectivity index (χ2v) is 15.4. The average molecular weight is 468 g/mol. The first-order chi connectivity index (χ1) is 14.1. The maximum atomic E-state index is 6.58. The molecule has 0 spiro atoms. The van der Waals surface area contributed by atoms with Crippen LogP contribution in [0.15, 0.2) is 0 Å². The van der Waals surface area contributed by atoms with Gasteiger partial charge in [-0.1, -0.05) is 39.5 Å². The highest BCUT2D eigenvalue weighted by molar-refractivity contribution is 6.67. The monoisotopic (exact) mass is 467 g/mol. The van der Waals surface area contributed by atoms with Gasteiger partial charge in [0.1, 0.15) is 11.5 Å². The minimum absolute atomic E-state index is 0.0887. The highest BCUT2D eigenvalue weighted by Crippen LogP contribution is 2.25. The van der Waals surface area contributed by atoms with Crippen molar-refractivity contribution in [3.05, 3.63) is 0 Å². The molecule has 0 aromatic rings. The van der Waals surface area contributed by atoms with Crippen LogP contribution in [0.1, 0.15) is 66.2 Å². The third-order valence-corrected chi connectivity index (χ3v) is 12.7. The fraction of sp³-hybridized carbons (Fsp3) is 1.00. The van der Waals surface area contributed by atoms with Crippen molar-refractivity contribution in [2.75, 3.05) is 28.4 Å². The van der Waals surface area contributed by atoms with Crippen LogP contribution in [-0.2, 0) is 27.2 Å². The van der Waals surface area contributed by atoms with E-state index >= 15 is 0 Å². The minimum Gasteiger partial charge on any atom is -0.396 e. The lowest BCUT2D eigenvalue weighted by molar-refractivity contribution is -0.0621. The van der Waals surface area contributed by atoms with Gasteiger partial charge in [0.15, 0.2) is 0 Å². The molecular formula is C21H49NO6Si2. The molecule has 0 fully saturated rings. The molecule has 0 saturated carbocycles. The molecular weight excluding hydrogens is 418 g/mol. The molecule has 0 aliphatic rings. The van der Waals surface area contributed by atoms with Crippen molar-refractivity contribution in [1.82, 2.24) is 0 Å². The van der Waals surface area contributed by atoms with Crippen molar-refractivity contribution in [2.24, 2.45) is 5.73 Å². The van der Waals surface area contributed by atoms with Gasteiger partial charge in [-0.15, -0.1) is 0 Å². The van der Waals surface area contributed by atoms with Crippen molar-refractivity contribution in [3.63, 3.8) is 0 Å². The molecule has 182 valence electrons. The summed E-state index contributed by atoms with van der Waals surface area (Å²) in [5.41, 5.74) is 6.41. The summed E-state index contributed by atoms with van der Waals surface area (Å²) in [6.45, 7) is 12.4. The van der Waals surface area contributed by atoms with E-state index < -0.39 is 17.1 Å². The van der Waals surface area contributed by atoms with Crippen LogP contribution in [0.3, 0.4) is 0 Å². The molecule has 4 atom stereocenters. The van der Waals surface area contributed by atoms with Crippen LogP contribution in [-0.4, -0.2) is 75.3 Å². The van der Waals surface area contributed by atoms with E-state index in [-0.39, 0.29) is 29.7 Å². The smallest absolute Gasteiger partial charge is 0.364 e. The van der Waals surface area contributed by atoms with E-state index in [4.69, 9.17) is 32.9 Å². The largest absolute Gasteiger partial charge is 0.396 e. The van der Waals surface area contributed by atoms with Crippen molar-refractivity contribution >= 4 is 17.1 Å². The Kier molecular flexibility index (Phi) is 15.2. The molecule has 0 heterocycles. The first-order valence-electron chi connectivity index (χ1n) is 11.4. The predicted octanol–water partition coefficient (Wildman–Crippen LogP) is 4.05. The number of rotatable bonds is 18. The third-order valence-electron chi connectivity index (χ3n) is 6.27.